The molecule has 7 heteroatoms. The Morgan fingerprint density at radius 3 is 2.71 bits per heavy atom. The van der Waals surface area contributed by atoms with E-state index in [4.69, 9.17) is 10.2 Å². The van der Waals surface area contributed by atoms with Crippen LogP contribution >= 0.6 is 0 Å². The Balaban J connectivity index is 3.01. The lowest BCUT2D eigenvalue weighted by Crippen LogP contribution is -2.03. The minimum Gasteiger partial charge on any atom is -0.506 e. The molecule has 14 heavy (non-hydrogen) atoms. The lowest BCUT2D eigenvalue weighted by atomic mass is 10.2. The number of aromatic hydroxyl groups is 1. The normalized spacial score (nSPS) is 9.71. The van der Waals surface area contributed by atoms with Crippen LogP contribution in [0.3, 0.4) is 0 Å². The van der Waals surface area contributed by atoms with Crippen molar-refractivity contribution in [3.05, 3.63) is 28.1 Å². The van der Waals surface area contributed by atoms with Crippen molar-refractivity contribution in [2.24, 2.45) is 0 Å². The zero-order chi connectivity index (χ0) is 10.7. The SMILES string of the molecule is O=C(O)Cc1ncc([N+](=O)[O-])cc1O. The first kappa shape index (κ1) is 9.90. The third kappa shape index (κ3) is 2.16. The van der Waals surface area contributed by atoms with Crippen LogP contribution in [0.5, 0.6) is 5.75 Å². The van der Waals surface area contributed by atoms with E-state index >= 15 is 0 Å². The molecule has 0 aliphatic rings. The summed E-state index contributed by atoms with van der Waals surface area (Å²) in [4.78, 5) is 23.2. The molecule has 0 saturated heterocycles. The van der Waals surface area contributed by atoms with Gasteiger partial charge in [0.15, 0.2) is 0 Å². The van der Waals surface area contributed by atoms with Gasteiger partial charge in [0.25, 0.3) is 5.69 Å². The van der Waals surface area contributed by atoms with Crippen molar-refractivity contribution in [1.82, 2.24) is 4.98 Å². The lowest BCUT2D eigenvalue weighted by molar-refractivity contribution is -0.385. The highest BCUT2D eigenvalue weighted by molar-refractivity contribution is 5.70. The first-order valence-electron chi connectivity index (χ1n) is 3.55. The predicted molar refractivity (Wildman–Crippen MR) is 43.9 cm³/mol. The number of hydrogen-bond acceptors (Lipinski definition) is 5. The maximum absolute atomic E-state index is 10.3. The standard InChI is InChI=1S/C7H6N2O5/c10-6-1-4(9(13)14)3-8-5(6)2-7(11)12/h1,3,10H,2H2,(H,11,12). The maximum atomic E-state index is 10.3. The molecule has 7 nitrogen and oxygen atoms in total. The molecule has 2 N–H and O–H groups in total. The smallest absolute Gasteiger partial charge is 0.309 e. The molecule has 0 aliphatic carbocycles. The van der Waals surface area contributed by atoms with Crippen LogP contribution < -0.4 is 0 Å². The summed E-state index contributed by atoms with van der Waals surface area (Å²) in [6, 6.07) is 0.866. The summed E-state index contributed by atoms with van der Waals surface area (Å²) in [7, 11) is 0. The van der Waals surface area contributed by atoms with Gasteiger partial charge in [-0.3, -0.25) is 14.9 Å². The van der Waals surface area contributed by atoms with Crippen LogP contribution in [0.2, 0.25) is 0 Å². The molecule has 0 bridgehead atoms. The first-order valence-corrected chi connectivity index (χ1v) is 3.55. The van der Waals surface area contributed by atoms with Gasteiger partial charge < -0.3 is 10.2 Å². The van der Waals surface area contributed by atoms with E-state index in [0.29, 0.717) is 0 Å². The minimum atomic E-state index is -1.17. The molecular weight excluding hydrogens is 192 g/mol. The zero-order valence-corrected chi connectivity index (χ0v) is 6.88. The Morgan fingerprint density at radius 1 is 1.64 bits per heavy atom. The van der Waals surface area contributed by atoms with Gasteiger partial charge in [0.2, 0.25) is 0 Å². The Labute approximate surface area is 77.8 Å². The molecule has 0 unspecified atom stereocenters. The number of rotatable bonds is 3. The van der Waals surface area contributed by atoms with Crippen LogP contribution in [-0.2, 0) is 11.2 Å². The summed E-state index contributed by atoms with van der Waals surface area (Å²) < 4.78 is 0. The van der Waals surface area contributed by atoms with Crippen molar-refractivity contribution in [1.29, 1.82) is 0 Å². The van der Waals surface area contributed by atoms with Crippen molar-refractivity contribution >= 4 is 11.7 Å². The summed E-state index contributed by atoms with van der Waals surface area (Å²) in [6.45, 7) is 0. The van der Waals surface area contributed by atoms with Crippen molar-refractivity contribution in [3.63, 3.8) is 0 Å². The summed E-state index contributed by atoms with van der Waals surface area (Å²) in [5.74, 6) is -1.65. The van der Waals surface area contributed by atoms with E-state index in [1.807, 2.05) is 0 Å². The van der Waals surface area contributed by atoms with Gasteiger partial charge in [0.1, 0.15) is 11.9 Å². The molecule has 0 fully saturated rings. The van der Waals surface area contributed by atoms with Gasteiger partial charge in [-0.15, -0.1) is 0 Å². The molecule has 1 aromatic heterocycles. The Morgan fingerprint density at radius 2 is 2.29 bits per heavy atom. The van der Waals surface area contributed by atoms with E-state index in [-0.39, 0.29) is 11.4 Å². The third-order valence-corrected chi connectivity index (χ3v) is 1.46. The molecule has 0 amide bonds. The number of carbonyl (C=O) groups is 1. The molecule has 0 radical (unpaired) electrons. The van der Waals surface area contributed by atoms with Crippen LogP contribution in [-0.4, -0.2) is 26.1 Å². The van der Waals surface area contributed by atoms with Crippen LogP contribution in [0.4, 0.5) is 5.69 Å². The molecule has 1 heterocycles. The fraction of sp³-hybridized carbons (Fsp3) is 0.143. The Hall–Kier alpha value is -2.18. The fourth-order valence-electron chi connectivity index (χ4n) is 0.850. The Kier molecular flexibility index (Phi) is 2.61. The summed E-state index contributed by atoms with van der Waals surface area (Å²) in [5, 5.41) is 27.8. The quantitative estimate of drug-likeness (QED) is 0.534. The molecule has 74 valence electrons. The molecule has 1 aromatic rings. The van der Waals surface area contributed by atoms with Gasteiger partial charge in [0, 0.05) is 0 Å². The summed E-state index contributed by atoms with van der Waals surface area (Å²) in [6.07, 6.45) is 0.432. The van der Waals surface area contributed by atoms with Crippen molar-refractivity contribution < 1.29 is 19.9 Å². The molecule has 0 spiro atoms. The minimum absolute atomic E-state index is 0.0944. The van der Waals surface area contributed by atoms with Gasteiger partial charge >= 0.3 is 5.97 Å². The van der Waals surface area contributed by atoms with E-state index in [0.717, 1.165) is 12.3 Å². The molecular formula is C7H6N2O5. The highest BCUT2D eigenvalue weighted by Crippen LogP contribution is 2.20. The number of nitro groups is 1. The predicted octanol–water partition coefficient (Wildman–Crippen LogP) is 0.322. The number of hydrogen-bond donors (Lipinski definition) is 2. The zero-order valence-electron chi connectivity index (χ0n) is 6.88. The topological polar surface area (TPSA) is 114 Å². The van der Waals surface area contributed by atoms with Crippen molar-refractivity contribution in [3.8, 4) is 5.75 Å². The average molecular weight is 198 g/mol. The largest absolute Gasteiger partial charge is 0.506 e. The number of nitrogens with zero attached hydrogens (tertiary/aromatic N) is 2. The van der Waals surface area contributed by atoms with Crippen LogP contribution in [0.1, 0.15) is 5.69 Å². The van der Waals surface area contributed by atoms with Gasteiger partial charge in [-0.05, 0) is 0 Å². The number of aliphatic carboxylic acids is 1. The molecule has 1 rings (SSSR count). The van der Waals surface area contributed by atoms with Crippen LogP contribution in [0.25, 0.3) is 0 Å². The average Bonchev–Trinajstić information content (AvgIpc) is 2.07. The van der Waals surface area contributed by atoms with Crippen LogP contribution in [0.15, 0.2) is 12.3 Å². The van der Waals surface area contributed by atoms with E-state index < -0.39 is 23.1 Å². The number of carboxylic acids is 1. The second-order valence-corrected chi connectivity index (χ2v) is 2.49. The van der Waals surface area contributed by atoms with Crippen molar-refractivity contribution in [2.45, 2.75) is 6.42 Å². The fourth-order valence-corrected chi connectivity index (χ4v) is 0.850. The van der Waals surface area contributed by atoms with E-state index in [1.165, 1.54) is 0 Å². The first-order chi connectivity index (χ1) is 6.50. The number of carboxylic acid groups (broad SMARTS) is 1. The molecule has 0 aromatic carbocycles. The van der Waals surface area contributed by atoms with Crippen molar-refractivity contribution in [2.75, 3.05) is 0 Å². The van der Waals surface area contributed by atoms with E-state index in [2.05, 4.69) is 4.98 Å². The van der Waals surface area contributed by atoms with Gasteiger partial charge in [-0.25, -0.2) is 4.98 Å². The molecule has 0 aliphatic heterocycles. The highest BCUT2D eigenvalue weighted by Gasteiger charge is 2.13. The Bertz CT molecular complexity index is 390. The van der Waals surface area contributed by atoms with E-state index in [9.17, 15) is 14.9 Å². The number of pyridine rings is 1. The molecule has 0 saturated carbocycles. The van der Waals surface area contributed by atoms with Crippen LogP contribution in [0, 0.1) is 10.1 Å². The monoisotopic (exact) mass is 198 g/mol. The number of aromatic nitrogens is 1. The van der Waals surface area contributed by atoms with E-state index in [1.54, 1.807) is 0 Å². The summed E-state index contributed by atoms with van der Waals surface area (Å²) >= 11 is 0. The van der Waals surface area contributed by atoms with Gasteiger partial charge in [-0.1, -0.05) is 0 Å². The van der Waals surface area contributed by atoms with Gasteiger partial charge in [0.05, 0.1) is 23.1 Å². The highest BCUT2D eigenvalue weighted by atomic mass is 16.6. The lowest BCUT2D eigenvalue weighted by Gasteiger charge is -1.99. The maximum Gasteiger partial charge on any atom is 0.309 e. The molecule has 0 atom stereocenters. The summed E-state index contributed by atoms with van der Waals surface area (Å²) in [5.41, 5.74) is -0.472. The second-order valence-electron chi connectivity index (χ2n) is 2.49. The third-order valence-electron chi connectivity index (χ3n) is 1.46. The second kappa shape index (κ2) is 3.69. The van der Waals surface area contributed by atoms with Gasteiger partial charge in [-0.2, -0.15) is 0 Å².